The number of rotatable bonds is 16. The number of nitrogen functional groups attached to an aromatic ring is 1. The van der Waals surface area contributed by atoms with Crippen LogP contribution in [0.5, 0.6) is 0 Å². The number of aliphatic hydroxyl groups excluding tert-OH is 2. The average molecular weight is 721 g/mol. The molecule has 4 atom stereocenters. The lowest BCUT2D eigenvalue weighted by Crippen LogP contribution is -2.38. The number of hydrogen-bond acceptors (Lipinski definition) is 8. The molecule has 2 aliphatic rings. The molecule has 4 aromatic rings. The highest BCUT2D eigenvalue weighted by molar-refractivity contribution is 5.93. The van der Waals surface area contributed by atoms with Gasteiger partial charge in [-0.2, -0.15) is 0 Å². The summed E-state index contributed by atoms with van der Waals surface area (Å²) in [7, 11) is 0. The fourth-order valence-corrected chi connectivity index (χ4v) is 7.11. The predicted octanol–water partition coefficient (Wildman–Crippen LogP) is 6.64. The van der Waals surface area contributed by atoms with E-state index in [1.807, 2.05) is 66.7 Å². The largest absolute Gasteiger partial charge is 0.397 e. The zero-order chi connectivity index (χ0) is 37.0. The Balaban J connectivity index is 0.996. The van der Waals surface area contributed by atoms with E-state index in [0.717, 1.165) is 78.6 Å². The number of benzene rings is 4. The highest BCUT2D eigenvalue weighted by Crippen LogP contribution is 2.39. The number of nitrogens with one attached hydrogen (secondary N) is 2. The Kier molecular flexibility index (Phi) is 13.6. The summed E-state index contributed by atoms with van der Waals surface area (Å²) in [5.41, 5.74) is 13.0. The molecule has 6 N–H and O–H groups in total. The van der Waals surface area contributed by atoms with Gasteiger partial charge >= 0.3 is 0 Å². The topological polar surface area (TPSA) is 146 Å². The van der Waals surface area contributed by atoms with Gasteiger partial charge < -0.3 is 36.1 Å². The van der Waals surface area contributed by atoms with Gasteiger partial charge in [-0.1, -0.05) is 97.8 Å². The summed E-state index contributed by atoms with van der Waals surface area (Å²) < 4.78 is 13.1. The van der Waals surface area contributed by atoms with E-state index in [-0.39, 0.29) is 36.7 Å². The minimum Gasteiger partial charge on any atom is -0.397 e. The van der Waals surface area contributed by atoms with Crippen LogP contribution in [0.3, 0.4) is 0 Å². The first-order chi connectivity index (χ1) is 25.8. The van der Waals surface area contributed by atoms with E-state index < -0.39 is 6.29 Å². The molecule has 0 saturated carbocycles. The van der Waals surface area contributed by atoms with Gasteiger partial charge in [0.25, 0.3) is 0 Å². The van der Waals surface area contributed by atoms with Crippen molar-refractivity contribution >= 4 is 23.2 Å². The Morgan fingerprint density at radius 3 is 2.23 bits per heavy atom. The maximum atomic E-state index is 12.7. The summed E-state index contributed by atoms with van der Waals surface area (Å²) in [4.78, 5) is 27.2. The zero-order valence-corrected chi connectivity index (χ0v) is 30.3. The van der Waals surface area contributed by atoms with Crippen molar-refractivity contribution in [2.75, 3.05) is 30.7 Å². The van der Waals surface area contributed by atoms with Gasteiger partial charge in [-0.3, -0.25) is 14.5 Å². The van der Waals surface area contributed by atoms with Gasteiger partial charge in [0.2, 0.25) is 11.8 Å². The molecule has 0 spiro atoms. The van der Waals surface area contributed by atoms with E-state index in [4.69, 9.17) is 15.2 Å². The third-order valence-electron chi connectivity index (χ3n) is 10.1. The van der Waals surface area contributed by atoms with E-state index in [1.165, 1.54) is 0 Å². The Bertz CT molecular complexity index is 1780. The first kappa shape index (κ1) is 38.2. The van der Waals surface area contributed by atoms with Gasteiger partial charge in [-0.05, 0) is 59.2 Å². The minimum atomic E-state index is -0.557. The average Bonchev–Trinajstić information content (AvgIpc) is 3.60. The van der Waals surface area contributed by atoms with Gasteiger partial charge in [0, 0.05) is 51.0 Å². The third kappa shape index (κ3) is 11.0. The molecule has 0 unspecified atom stereocenters. The van der Waals surface area contributed by atoms with Crippen LogP contribution in [0.25, 0.3) is 11.1 Å². The molecular formula is C43H52N4O6. The fourth-order valence-electron chi connectivity index (χ4n) is 7.11. The second kappa shape index (κ2) is 19.0. The van der Waals surface area contributed by atoms with Crippen LogP contribution in [-0.4, -0.2) is 58.8 Å². The zero-order valence-electron chi connectivity index (χ0n) is 30.3. The standard InChI is InChI=1S/C43H52N4O6/c44-38-11-7-8-12-39(38)46-42(51)14-4-2-1-3-13-41(50)45-26-34-9-5-6-10-37(34)31-19-21-33(22-20-31)43-52-36(28-47-24-23-35(49)27-47)25-40(53-43)32-17-15-30(29-48)16-18-32/h5-12,15-22,35-36,40,43,48-49H,1-4,13-14,23-29,44H2,(H,45,50)(H,46,51)/t35-,36+,40-,43-/m0/s1. The van der Waals surface area contributed by atoms with Crippen molar-refractivity contribution in [3.05, 3.63) is 119 Å². The molecule has 10 heteroatoms. The van der Waals surface area contributed by atoms with Gasteiger partial charge in [0.15, 0.2) is 6.29 Å². The van der Waals surface area contributed by atoms with Crippen LogP contribution in [0.2, 0.25) is 0 Å². The Morgan fingerprint density at radius 2 is 1.51 bits per heavy atom. The number of para-hydroxylation sites is 2. The molecular weight excluding hydrogens is 668 g/mol. The molecule has 53 heavy (non-hydrogen) atoms. The number of likely N-dealkylation sites (tertiary alicyclic amines) is 1. The summed E-state index contributed by atoms with van der Waals surface area (Å²) >= 11 is 0. The van der Waals surface area contributed by atoms with Crippen molar-refractivity contribution in [1.29, 1.82) is 0 Å². The fraction of sp³-hybridized carbons (Fsp3) is 0.395. The predicted molar refractivity (Wildman–Crippen MR) is 206 cm³/mol. The molecule has 0 radical (unpaired) electrons. The van der Waals surface area contributed by atoms with E-state index in [0.29, 0.717) is 43.7 Å². The molecule has 2 amide bonds. The van der Waals surface area contributed by atoms with Gasteiger partial charge in [-0.15, -0.1) is 0 Å². The number of hydrogen-bond donors (Lipinski definition) is 5. The Morgan fingerprint density at radius 1 is 0.811 bits per heavy atom. The number of anilines is 2. The monoisotopic (exact) mass is 720 g/mol. The highest BCUT2D eigenvalue weighted by Gasteiger charge is 2.34. The van der Waals surface area contributed by atoms with Crippen LogP contribution in [0.4, 0.5) is 11.4 Å². The number of ether oxygens (including phenoxy) is 2. The lowest BCUT2D eigenvalue weighted by molar-refractivity contribution is -0.252. The number of amides is 2. The highest BCUT2D eigenvalue weighted by atomic mass is 16.7. The van der Waals surface area contributed by atoms with Gasteiger partial charge in [0.1, 0.15) is 0 Å². The molecule has 280 valence electrons. The van der Waals surface area contributed by atoms with Crippen LogP contribution in [0.15, 0.2) is 97.1 Å². The number of unbranched alkanes of at least 4 members (excludes halogenated alkanes) is 3. The van der Waals surface area contributed by atoms with Crippen LogP contribution in [-0.2, 0) is 32.2 Å². The van der Waals surface area contributed by atoms with Crippen LogP contribution in [0, 0.1) is 0 Å². The number of carbonyl (C=O) groups is 2. The van der Waals surface area contributed by atoms with Gasteiger partial charge in [0.05, 0.1) is 36.3 Å². The van der Waals surface area contributed by atoms with E-state index in [1.54, 1.807) is 12.1 Å². The van der Waals surface area contributed by atoms with Crippen molar-refractivity contribution < 1.29 is 29.3 Å². The molecule has 2 aliphatic heterocycles. The molecule has 0 bridgehead atoms. The molecule has 2 saturated heterocycles. The lowest BCUT2D eigenvalue weighted by atomic mass is 9.97. The molecule has 2 heterocycles. The summed E-state index contributed by atoms with van der Waals surface area (Å²) in [6, 6.07) is 31.4. The number of β-amino-alcohol motifs (C(OH)–C–C–N with tert-alkyl or cyclic N) is 1. The van der Waals surface area contributed by atoms with Crippen molar-refractivity contribution in [3.8, 4) is 11.1 Å². The minimum absolute atomic E-state index is 0.00372. The van der Waals surface area contributed by atoms with E-state index in [2.05, 4.69) is 33.7 Å². The first-order valence-electron chi connectivity index (χ1n) is 18.8. The second-order valence-electron chi connectivity index (χ2n) is 14.2. The third-order valence-corrected chi connectivity index (χ3v) is 10.1. The summed E-state index contributed by atoms with van der Waals surface area (Å²) in [6.45, 7) is 2.66. The molecule has 4 aromatic carbocycles. The molecule has 0 aromatic heterocycles. The van der Waals surface area contributed by atoms with E-state index in [9.17, 15) is 19.8 Å². The summed E-state index contributed by atoms with van der Waals surface area (Å²) in [6.07, 6.45) is 4.53. The van der Waals surface area contributed by atoms with Crippen LogP contribution < -0.4 is 16.4 Å². The quantitative estimate of drug-likeness (QED) is 0.0640. The number of nitrogens with two attached hydrogens (primary N) is 1. The van der Waals surface area contributed by atoms with Crippen molar-refractivity contribution in [3.63, 3.8) is 0 Å². The van der Waals surface area contributed by atoms with Crippen LogP contribution >= 0.6 is 0 Å². The van der Waals surface area contributed by atoms with Crippen molar-refractivity contribution in [2.45, 2.75) is 89.1 Å². The lowest BCUT2D eigenvalue weighted by Gasteiger charge is -2.38. The Labute approximate surface area is 312 Å². The number of nitrogens with zero attached hydrogens (tertiary/aromatic N) is 1. The van der Waals surface area contributed by atoms with Crippen molar-refractivity contribution in [2.24, 2.45) is 0 Å². The van der Waals surface area contributed by atoms with Crippen molar-refractivity contribution in [1.82, 2.24) is 10.2 Å². The molecule has 6 rings (SSSR count). The molecule has 2 fully saturated rings. The second-order valence-corrected chi connectivity index (χ2v) is 14.2. The number of aliphatic hydroxyl groups is 2. The maximum Gasteiger partial charge on any atom is 0.224 e. The maximum absolute atomic E-state index is 12.7. The summed E-state index contributed by atoms with van der Waals surface area (Å²) in [5.74, 6) is -0.0406. The number of carbonyl (C=O) groups excluding carboxylic acids is 2. The van der Waals surface area contributed by atoms with E-state index >= 15 is 0 Å². The first-order valence-corrected chi connectivity index (χ1v) is 18.8. The summed E-state index contributed by atoms with van der Waals surface area (Å²) in [5, 5.41) is 25.6. The Hall–Kier alpha value is -4.58. The molecule has 10 nitrogen and oxygen atoms in total. The molecule has 0 aliphatic carbocycles. The SMILES string of the molecule is Nc1ccccc1NC(=O)CCCCCCC(=O)NCc1ccccc1-c1ccc([C@H]2O[C@@H](CN3CC[C@H](O)C3)C[C@@H](c3ccc(CO)cc3)O2)cc1. The smallest absolute Gasteiger partial charge is 0.224 e. The van der Waals surface area contributed by atoms with Crippen LogP contribution in [0.1, 0.15) is 86.0 Å². The normalized spacial score (nSPS) is 20.3. The van der Waals surface area contributed by atoms with Gasteiger partial charge in [-0.25, -0.2) is 0 Å².